The maximum Gasteiger partial charge on any atom is 0.0766 e. The number of rotatable bonds is 4. The van der Waals surface area contributed by atoms with Gasteiger partial charge >= 0.3 is 0 Å². The van der Waals surface area contributed by atoms with Crippen LogP contribution in [0, 0.1) is 5.92 Å². The van der Waals surface area contributed by atoms with E-state index >= 15 is 0 Å². The van der Waals surface area contributed by atoms with Gasteiger partial charge in [0.05, 0.1) is 11.4 Å². The molecule has 0 amide bonds. The van der Waals surface area contributed by atoms with E-state index < -0.39 is 0 Å². The minimum atomic E-state index is 0.667. The van der Waals surface area contributed by atoms with Crippen molar-refractivity contribution in [3.8, 4) is 5.69 Å². The second kappa shape index (κ2) is 6.23. The van der Waals surface area contributed by atoms with E-state index in [1.807, 2.05) is 29.1 Å². The molecule has 1 saturated carbocycles. The lowest BCUT2D eigenvalue weighted by atomic mass is 9.87. The Morgan fingerprint density at radius 1 is 1.20 bits per heavy atom. The van der Waals surface area contributed by atoms with Gasteiger partial charge in [0.1, 0.15) is 0 Å². The average Bonchev–Trinajstić information content (AvgIpc) is 2.95. The van der Waals surface area contributed by atoms with Crippen LogP contribution in [0.15, 0.2) is 42.6 Å². The van der Waals surface area contributed by atoms with E-state index in [-0.39, 0.29) is 0 Å². The highest BCUT2D eigenvalue weighted by molar-refractivity contribution is 5.30. The highest BCUT2D eigenvalue weighted by Crippen LogP contribution is 2.23. The van der Waals surface area contributed by atoms with E-state index in [2.05, 4.69) is 35.5 Å². The SMILES string of the molecule is CC1CCCC(NCc2ccn(-c3ccccc3)n2)C1. The van der Waals surface area contributed by atoms with E-state index in [1.165, 1.54) is 25.7 Å². The van der Waals surface area contributed by atoms with Crippen molar-refractivity contribution in [1.82, 2.24) is 15.1 Å². The molecule has 0 spiro atoms. The van der Waals surface area contributed by atoms with E-state index in [9.17, 15) is 0 Å². The molecule has 1 aromatic carbocycles. The van der Waals surface area contributed by atoms with E-state index in [4.69, 9.17) is 0 Å². The largest absolute Gasteiger partial charge is 0.308 e. The first-order chi connectivity index (χ1) is 9.81. The summed E-state index contributed by atoms with van der Waals surface area (Å²) in [5.41, 5.74) is 2.23. The number of nitrogens with zero attached hydrogens (tertiary/aromatic N) is 2. The van der Waals surface area contributed by atoms with Gasteiger partial charge in [-0.2, -0.15) is 5.10 Å². The molecule has 0 radical (unpaired) electrons. The Morgan fingerprint density at radius 3 is 2.85 bits per heavy atom. The zero-order chi connectivity index (χ0) is 13.8. The van der Waals surface area contributed by atoms with Crippen molar-refractivity contribution in [2.75, 3.05) is 0 Å². The second-order valence-electron chi connectivity index (χ2n) is 5.94. The van der Waals surface area contributed by atoms with Gasteiger partial charge in [-0.3, -0.25) is 0 Å². The first kappa shape index (κ1) is 13.4. The van der Waals surface area contributed by atoms with Gasteiger partial charge in [0.25, 0.3) is 0 Å². The zero-order valence-corrected chi connectivity index (χ0v) is 12.1. The molecule has 1 N–H and O–H groups in total. The summed E-state index contributed by atoms with van der Waals surface area (Å²) >= 11 is 0. The fraction of sp³-hybridized carbons (Fsp3) is 0.471. The quantitative estimate of drug-likeness (QED) is 0.920. The fourth-order valence-electron chi connectivity index (χ4n) is 3.05. The molecule has 0 saturated heterocycles. The summed E-state index contributed by atoms with van der Waals surface area (Å²) in [6.07, 6.45) is 7.40. The van der Waals surface area contributed by atoms with Crippen molar-refractivity contribution < 1.29 is 0 Å². The normalized spacial score (nSPS) is 22.9. The smallest absolute Gasteiger partial charge is 0.0766 e. The highest BCUT2D eigenvalue weighted by atomic mass is 15.3. The molecule has 1 fully saturated rings. The lowest BCUT2D eigenvalue weighted by Crippen LogP contribution is -2.33. The van der Waals surface area contributed by atoms with Gasteiger partial charge in [0.15, 0.2) is 0 Å². The van der Waals surface area contributed by atoms with Crippen LogP contribution < -0.4 is 5.32 Å². The summed E-state index contributed by atoms with van der Waals surface area (Å²) in [6, 6.07) is 13.0. The van der Waals surface area contributed by atoms with E-state index in [1.54, 1.807) is 0 Å². The van der Waals surface area contributed by atoms with E-state index in [0.29, 0.717) is 6.04 Å². The lowest BCUT2D eigenvalue weighted by molar-refractivity contribution is 0.299. The Kier molecular flexibility index (Phi) is 4.16. The van der Waals surface area contributed by atoms with Crippen LogP contribution >= 0.6 is 0 Å². The summed E-state index contributed by atoms with van der Waals surface area (Å²) in [5, 5.41) is 8.30. The Hall–Kier alpha value is -1.61. The number of benzene rings is 1. The monoisotopic (exact) mass is 269 g/mol. The van der Waals surface area contributed by atoms with Crippen molar-refractivity contribution in [2.45, 2.75) is 45.2 Å². The summed E-state index contributed by atoms with van der Waals surface area (Å²) < 4.78 is 1.94. The maximum absolute atomic E-state index is 4.64. The molecule has 3 heteroatoms. The van der Waals surface area contributed by atoms with Crippen molar-refractivity contribution in [1.29, 1.82) is 0 Å². The van der Waals surface area contributed by atoms with Crippen LogP contribution in [0.3, 0.4) is 0 Å². The molecule has 0 aliphatic heterocycles. The molecule has 1 aromatic heterocycles. The summed E-state index contributed by atoms with van der Waals surface area (Å²) in [7, 11) is 0. The molecule has 0 bridgehead atoms. The van der Waals surface area contributed by atoms with Crippen molar-refractivity contribution in [2.24, 2.45) is 5.92 Å². The first-order valence-corrected chi connectivity index (χ1v) is 7.64. The Labute approximate surface area is 121 Å². The molecule has 20 heavy (non-hydrogen) atoms. The average molecular weight is 269 g/mol. The summed E-state index contributed by atoms with van der Waals surface area (Å²) in [4.78, 5) is 0. The third-order valence-electron chi connectivity index (χ3n) is 4.17. The van der Waals surface area contributed by atoms with Gasteiger partial charge in [-0.05, 0) is 37.0 Å². The minimum absolute atomic E-state index is 0.667. The van der Waals surface area contributed by atoms with Crippen LogP contribution in [0.5, 0.6) is 0 Å². The molecule has 1 aliphatic rings. The molecule has 2 atom stereocenters. The first-order valence-electron chi connectivity index (χ1n) is 7.64. The fourth-order valence-corrected chi connectivity index (χ4v) is 3.05. The van der Waals surface area contributed by atoms with Crippen LogP contribution in [0.1, 0.15) is 38.3 Å². The summed E-state index contributed by atoms with van der Waals surface area (Å²) in [6.45, 7) is 3.23. The number of para-hydroxylation sites is 1. The third kappa shape index (κ3) is 3.28. The number of aromatic nitrogens is 2. The van der Waals surface area contributed by atoms with Crippen LogP contribution in [-0.4, -0.2) is 15.8 Å². The predicted molar refractivity (Wildman–Crippen MR) is 81.8 cm³/mol. The molecule has 3 rings (SSSR count). The predicted octanol–water partition coefficient (Wildman–Crippen LogP) is 3.54. The summed E-state index contributed by atoms with van der Waals surface area (Å²) in [5.74, 6) is 0.864. The van der Waals surface area contributed by atoms with Crippen molar-refractivity contribution in [3.63, 3.8) is 0 Å². The van der Waals surface area contributed by atoms with E-state index in [0.717, 1.165) is 23.8 Å². The van der Waals surface area contributed by atoms with Gasteiger partial charge in [-0.1, -0.05) is 38.0 Å². The molecule has 2 unspecified atom stereocenters. The molecule has 3 nitrogen and oxygen atoms in total. The molecule has 106 valence electrons. The van der Waals surface area contributed by atoms with Gasteiger partial charge in [0.2, 0.25) is 0 Å². The van der Waals surface area contributed by atoms with Crippen LogP contribution in [0.2, 0.25) is 0 Å². The Morgan fingerprint density at radius 2 is 2.05 bits per heavy atom. The van der Waals surface area contributed by atoms with Crippen molar-refractivity contribution in [3.05, 3.63) is 48.3 Å². The van der Waals surface area contributed by atoms with Gasteiger partial charge < -0.3 is 5.32 Å². The number of hydrogen-bond donors (Lipinski definition) is 1. The number of nitrogens with one attached hydrogen (secondary N) is 1. The third-order valence-corrected chi connectivity index (χ3v) is 4.17. The highest BCUT2D eigenvalue weighted by Gasteiger charge is 2.18. The molecule has 2 aromatic rings. The standard InChI is InChI=1S/C17H23N3/c1-14-6-5-7-15(12-14)18-13-16-10-11-20(19-16)17-8-3-2-4-9-17/h2-4,8-11,14-15,18H,5-7,12-13H2,1H3. The topological polar surface area (TPSA) is 29.9 Å². The van der Waals surface area contributed by atoms with Gasteiger partial charge in [0, 0.05) is 18.8 Å². The van der Waals surface area contributed by atoms with Gasteiger partial charge in [-0.15, -0.1) is 0 Å². The Bertz CT molecular complexity index is 532. The molecular weight excluding hydrogens is 246 g/mol. The van der Waals surface area contributed by atoms with Crippen LogP contribution in [-0.2, 0) is 6.54 Å². The van der Waals surface area contributed by atoms with Crippen LogP contribution in [0.25, 0.3) is 5.69 Å². The number of hydrogen-bond acceptors (Lipinski definition) is 2. The van der Waals surface area contributed by atoms with Crippen LogP contribution in [0.4, 0.5) is 0 Å². The Balaban J connectivity index is 1.58. The molecule has 1 aliphatic carbocycles. The second-order valence-corrected chi connectivity index (χ2v) is 5.94. The zero-order valence-electron chi connectivity index (χ0n) is 12.1. The van der Waals surface area contributed by atoms with Crippen molar-refractivity contribution >= 4 is 0 Å². The minimum Gasteiger partial charge on any atom is -0.308 e. The molecule has 1 heterocycles. The molecular formula is C17H23N3. The van der Waals surface area contributed by atoms with Gasteiger partial charge in [-0.25, -0.2) is 4.68 Å². The lowest BCUT2D eigenvalue weighted by Gasteiger charge is -2.27. The maximum atomic E-state index is 4.64.